The molecule has 0 fully saturated rings. The minimum Gasteiger partial charge on any atom is -0.312 e. The summed E-state index contributed by atoms with van der Waals surface area (Å²) in [6.45, 7) is 9.52. The Hall–Kier alpha value is -0.0900. The first kappa shape index (κ1) is 14.0. The molecule has 0 radical (unpaired) electrons. The largest absolute Gasteiger partial charge is 0.312 e. The molecule has 16 heavy (non-hydrogen) atoms. The van der Waals surface area contributed by atoms with Crippen LogP contribution in [0, 0.1) is 0 Å². The molecule has 0 bridgehead atoms. The number of thiophene rings is 1. The van der Waals surface area contributed by atoms with Crippen LogP contribution in [-0.2, 0) is 6.54 Å². The number of nitrogens with one attached hydrogen (secondary N) is 2. The highest BCUT2D eigenvalue weighted by molar-refractivity contribution is 7.10. The van der Waals surface area contributed by atoms with Gasteiger partial charge in [-0.1, -0.05) is 11.6 Å². The third-order valence-electron chi connectivity index (χ3n) is 2.16. The van der Waals surface area contributed by atoms with E-state index in [9.17, 15) is 0 Å². The van der Waals surface area contributed by atoms with Crippen LogP contribution in [0.1, 0.15) is 32.1 Å². The Morgan fingerprint density at radius 1 is 1.31 bits per heavy atom. The quantitative estimate of drug-likeness (QED) is 0.768. The predicted molar refractivity (Wildman–Crippen MR) is 73.4 cm³/mol. The molecule has 92 valence electrons. The van der Waals surface area contributed by atoms with Gasteiger partial charge in [-0.2, -0.15) is 0 Å². The fourth-order valence-electron chi connectivity index (χ4n) is 1.33. The van der Waals surface area contributed by atoms with Crippen molar-refractivity contribution in [3.63, 3.8) is 0 Å². The van der Waals surface area contributed by atoms with Gasteiger partial charge in [0.05, 0.1) is 5.02 Å². The van der Waals surface area contributed by atoms with Crippen molar-refractivity contribution in [2.24, 2.45) is 0 Å². The molecule has 1 rings (SSSR count). The van der Waals surface area contributed by atoms with Crippen LogP contribution < -0.4 is 10.6 Å². The number of hydrogen-bond donors (Lipinski definition) is 2. The number of halogens is 1. The highest BCUT2D eigenvalue weighted by atomic mass is 35.5. The van der Waals surface area contributed by atoms with Crippen LogP contribution in [0.2, 0.25) is 5.02 Å². The maximum Gasteiger partial charge on any atom is 0.0558 e. The molecule has 1 aromatic rings. The van der Waals surface area contributed by atoms with E-state index in [1.165, 1.54) is 4.88 Å². The summed E-state index contributed by atoms with van der Waals surface area (Å²) in [5, 5.41) is 9.77. The summed E-state index contributed by atoms with van der Waals surface area (Å²) in [5.41, 5.74) is 0.219. The number of rotatable bonds is 6. The minimum atomic E-state index is 0.219. The summed E-state index contributed by atoms with van der Waals surface area (Å²) in [5.74, 6) is 0. The zero-order valence-electron chi connectivity index (χ0n) is 10.3. The van der Waals surface area contributed by atoms with Crippen molar-refractivity contribution in [1.82, 2.24) is 10.6 Å². The fourth-order valence-corrected chi connectivity index (χ4v) is 2.40. The second-order valence-electron chi connectivity index (χ2n) is 4.90. The van der Waals surface area contributed by atoms with E-state index in [4.69, 9.17) is 11.6 Å². The molecule has 4 heteroatoms. The molecule has 0 aliphatic heterocycles. The number of hydrogen-bond acceptors (Lipinski definition) is 3. The van der Waals surface area contributed by atoms with E-state index in [1.807, 2.05) is 11.4 Å². The van der Waals surface area contributed by atoms with Gasteiger partial charge in [-0.25, -0.2) is 0 Å². The van der Waals surface area contributed by atoms with Crippen LogP contribution in [0.15, 0.2) is 11.4 Å². The first-order chi connectivity index (χ1) is 7.49. The van der Waals surface area contributed by atoms with Crippen LogP contribution in [0.25, 0.3) is 0 Å². The monoisotopic (exact) mass is 260 g/mol. The lowest BCUT2D eigenvalue weighted by Gasteiger charge is -2.20. The molecule has 0 spiro atoms. The third kappa shape index (κ3) is 5.85. The first-order valence-corrected chi connectivity index (χ1v) is 6.92. The lowest BCUT2D eigenvalue weighted by molar-refractivity contribution is 0.418. The maximum absolute atomic E-state index is 6.00. The smallest absolute Gasteiger partial charge is 0.0558 e. The van der Waals surface area contributed by atoms with Gasteiger partial charge in [0.25, 0.3) is 0 Å². The van der Waals surface area contributed by atoms with Crippen molar-refractivity contribution < 1.29 is 0 Å². The SMILES string of the molecule is CC(C)(C)NCCCNCc1sccc1Cl. The summed E-state index contributed by atoms with van der Waals surface area (Å²) >= 11 is 7.71. The average Bonchev–Trinajstić information content (AvgIpc) is 2.56. The Balaban J connectivity index is 2.03. The van der Waals surface area contributed by atoms with E-state index in [1.54, 1.807) is 11.3 Å². The van der Waals surface area contributed by atoms with Crippen LogP contribution >= 0.6 is 22.9 Å². The third-order valence-corrected chi connectivity index (χ3v) is 3.55. The Morgan fingerprint density at radius 2 is 2.06 bits per heavy atom. The molecule has 2 N–H and O–H groups in total. The lowest BCUT2D eigenvalue weighted by Crippen LogP contribution is -2.37. The van der Waals surface area contributed by atoms with Gasteiger partial charge >= 0.3 is 0 Å². The zero-order valence-corrected chi connectivity index (χ0v) is 11.8. The lowest BCUT2D eigenvalue weighted by atomic mass is 10.1. The van der Waals surface area contributed by atoms with Crippen molar-refractivity contribution in [3.8, 4) is 0 Å². The standard InChI is InChI=1S/C12H21ClN2S/c1-12(2,3)15-7-4-6-14-9-11-10(13)5-8-16-11/h5,8,14-15H,4,6-7,9H2,1-3H3. The highest BCUT2D eigenvalue weighted by Crippen LogP contribution is 2.21. The fraction of sp³-hybridized carbons (Fsp3) is 0.667. The predicted octanol–water partition coefficient (Wildman–Crippen LogP) is 3.27. The summed E-state index contributed by atoms with van der Waals surface area (Å²) in [6.07, 6.45) is 1.14. The summed E-state index contributed by atoms with van der Waals surface area (Å²) in [4.78, 5) is 1.23. The van der Waals surface area contributed by atoms with E-state index in [0.717, 1.165) is 31.1 Å². The highest BCUT2D eigenvalue weighted by Gasteiger charge is 2.07. The van der Waals surface area contributed by atoms with E-state index >= 15 is 0 Å². The molecular weight excluding hydrogens is 240 g/mol. The van der Waals surface area contributed by atoms with Crippen LogP contribution in [0.5, 0.6) is 0 Å². The van der Waals surface area contributed by atoms with Crippen molar-refractivity contribution in [3.05, 3.63) is 21.3 Å². The summed E-state index contributed by atoms with van der Waals surface area (Å²) in [6, 6.07) is 1.95. The molecule has 0 saturated heterocycles. The van der Waals surface area contributed by atoms with Gasteiger partial charge in [-0.3, -0.25) is 0 Å². The first-order valence-electron chi connectivity index (χ1n) is 5.67. The van der Waals surface area contributed by atoms with Crippen LogP contribution in [0.4, 0.5) is 0 Å². The molecule has 2 nitrogen and oxygen atoms in total. The molecule has 0 saturated carbocycles. The van der Waals surface area contributed by atoms with Crippen molar-refractivity contribution in [2.45, 2.75) is 39.3 Å². The average molecular weight is 261 g/mol. The second kappa shape index (κ2) is 6.60. The summed E-state index contributed by atoms with van der Waals surface area (Å²) < 4.78 is 0. The normalized spacial score (nSPS) is 12.0. The molecule has 0 aliphatic carbocycles. The molecule has 0 aromatic carbocycles. The minimum absolute atomic E-state index is 0.219. The Bertz CT molecular complexity index is 304. The van der Waals surface area contributed by atoms with Crippen LogP contribution in [0.3, 0.4) is 0 Å². The van der Waals surface area contributed by atoms with Gasteiger partial charge in [-0.15, -0.1) is 11.3 Å². The molecule has 0 amide bonds. The molecule has 1 aromatic heterocycles. The van der Waals surface area contributed by atoms with Gasteiger partial charge in [0.1, 0.15) is 0 Å². The van der Waals surface area contributed by atoms with Gasteiger partial charge in [0.15, 0.2) is 0 Å². The second-order valence-corrected chi connectivity index (χ2v) is 6.31. The van der Waals surface area contributed by atoms with Crippen molar-refractivity contribution in [2.75, 3.05) is 13.1 Å². The Morgan fingerprint density at radius 3 is 2.62 bits per heavy atom. The molecule has 0 atom stereocenters. The van der Waals surface area contributed by atoms with E-state index in [0.29, 0.717) is 0 Å². The molecular formula is C12H21ClN2S. The Kier molecular flexibility index (Phi) is 5.76. The maximum atomic E-state index is 6.00. The van der Waals surface area contributed by atoms with Crippen molar-refractivity contribution >= 4 is 22.9 Å². The van der Waals surface area contributed by atoms with Gasteiger partial charge < -0.3 is 10.6 Å². The van der Waals surface area contributed by atoms with Crippen molar-refractivity contribution in [1.29, 1.82) is 0 Å². The van der Waals surface area contributed by atoms with E-state index in [-0.39, 0.29) is 5.54 Å². The molecule has 0 aliphatic rings. The topological polar surface area (TPSA) is 24.1 Å². The van der Waals surface area contributed by atoms with E-state index in [2.05, 4.69) is 31.4 Å². The van der Waals surface area contributed by atoms with Gasteiger partial charge in [-0.05, 0) is 51.7 Å². The van der Waals surface area contributed by atoms with Gasteiger partial charge in [0, 0.05) is 17.0 Å². The van der Waals surface area contributed by atoms with Crippen LogP contribution in [-0.4, -0.2) is 18.6 Å². The molecule has 1 heterocycles. The zero-order chi connectivity index (χ0) is 12.0. The van der Waals surface area contributed by atoms with E-state index < -0.39 is 0 Å². The van der Waals surface area contributed by atoms with Gasteiger partial charge in [0.2, 0.25) is 0 Å². The molecule has 0 unspecified atom stereocenters. The Labute approximate surface area is 107 Å². The summed E-state index contributed by atoms with van der Waals surface area (Å²) in [7, 11) is 0.